The van der Waals surface area contributed by atoms with Gasteiger partial charge in [-0.2, -0.15) is 0 Å². The lowest BCUT2D eigenvalue weighted by Crippen LogP contribution is -2.40. The molecule has 0 saturated carbocycles. The molecule has 0 fully saturated rings. The second kappa shape index (κ2) is 37.9. The van der Waals surface area contributed by atoms with Gasteiger partial charge in [-0.1, -0.05) is 145 Å². The predicted octanol–water partition coefficient (Wildman–Crippen LogP) is 11.0. The smallest absolute Gasteiger partial charge is 0.361 e. The van der Waals surface area contributed by atoms with Gasteiger partial charge in [-0.05, 0) is 57.8 Å². The van der Waals surface area contributed by atoms with Gasteiger partial charge in [0.25, 0.3) is 6.29 Å². The van der Waals surface area contributed by atoms with Gasteiger partial charge in [0.15, 0.2) is 6.10 Å². The summed E-state index contributed by atoms with van der Waals surface area (Å²) >= 11 is 0. The molecule has 0 aromatic carbocycles. The van der Waals surface area contributed by atoms with Crippen molar-refractivity contribution in [2.24, 2.45) is 0 Å². The molecule has 0 aliphatic rings. The van der Waals surface area contributed by atoms with Crippen molar-refractivity contribution in [3.05, 3.63) is 60.8 Å². The second-order valence-electron chi connectivity index (χ2n) is 15.3. The zero-order valence-corrected chi connectivity index (χ0v) is 35.6. The van der Waals surface area contributed by atoms with Crippen LogP contribution < -0.4 is 0 Å². The fraction of sp³-hybridized carbons (Fsp3) is 0.717. The first-order valence-electron chi connectivity index (χ1n) is 21.5. The molecule has 2 unspecified atom stereocenters. The SMILES string of the molecule is CC/C=C\C/C=C\C/C=C\C/C=C\C/C=C\CCCCCCCCCC(=O)OC(COC(=O)CCCCCCCCC)COC(OCC[N+](C)(C)C)C(=O)O. The van der Waals surface area contributed by atoms with Gasteiger partial charge in [-0.25, -0.2) is 4.79 Å². The van der Waals surface area contributed by atoms with Gasteiger partial charge in [0.2, 0.25) is 0 Å². The van der Waals surface area contributed by atoms with E-state index >= 15 is 0 Å². The average molecular weight is 775 g/mol. The largest absolute Gasteiger partial charge is 0.477 e. The van der Waals surface area contributed by atoms with Crippen LogP contribution in [0.2, 0.25) is 0 Å². The van der Waals surface area contributed by atoms with Crippen molar-refractivity contribution in [3.8, 4) is 0 Å². The third-order valence-corrected chi connectivity index (χ3v) is 8.79. The number of quaternary nitrogens is 1. The second-order valence-corrected chi connectivity index (χ2v) is 15.3. The summed E-state index contributed by atoms with van der Waals surface area (Å²) in [7, 11) is 5.93. The molecule has 0 rings (SSSR count). The highest BCUT2D eigenvalue weighted by molar-refractivity contribution is 5.71. The molecule has 0 aromatic rings. The maximum Gasteiger partial charge on any atom is 0.361 e. The first kappa shape index (κ1) is 52.0. The summed E-state index contributed by atoms with van der Waals surface area (Å²) in [6.07, 6.45) is 41.6. The van der Waals surface area contributed by atoms with Gasteiger partial charge in [0.1, 0.15) is 13.2 Å². The Morgan fingerprint density at radius 1 is 0.564 bits per heavy atom. The van der Waals surface area contributed by atoms with Gasteiger partial charge in [-0.3, -0.25) is 9.59 Å². The first-order valence-corrected chi connectivity index (χ1v) is 21.5. The number of hydrogen-bond donors (Lipinski definition) is 1. The number of rotatable bonds is 38. The Bertz CT molecular complexity index is 1090. The van der Waals surface area contributed by atoms with Crippen LogP contribution in [0.5, 0.6) is 0 Å². The van der Waals surface area contributed by atoms with Crippen molar-refractivity contribution in [2.75, 3.05) is 47.5 Å². The Balaban J connectivity index is 4.34. The molecule has 0 heterocycles. The lowest BCUT2D eigenvalue weighted by Gasteiger charge is -2.25. The predicted molar refractivity (Wildman–Crippen MR) is 226 cm³/mol. The first-order chi connectivity index (χ1) is 26.6. The van der Waals surface area contributed by atoms with Crippen LogP contribution in [0.4, 0.5) is 0 Å². The molecular formula is C46H80NO8+. The third-order valence-electron chi connectivity index (χ3n) is 8.79. The van der Waals surface area contributed by atoms with Crippen LogP contribution in [-0.2, 0) is 33.3 Å². The summed E-state index contributed by atoms with van der Waals surface area (Å²) in [5.74, 6) is -2.04. The lowest BCUT2D eigenvalue weighted by atomic mass is 10.1. The Kier molecular flexibility index (Phi) is 35.8. The van der Waals surface area contributed by atoms with E-state index in [4.69, 9.17) is 18.9 Å². The number of carboxylic acid groups (broad SMARTS) is 1. The zero-order chi connectivity index (χ0) is 40.7. The number of likely N-dealkylation sites (N-methyl/N-ethyl adjacent to an activating group) is 1. The van der Waals surface area contributed by atoms with Crippen LogP contribution in [0.3, 0.4) is 0 Å². The van der Waals surface area contributed by atoms with E-state index in [9.17, 15) is 19.5 Å². The number of nitrogens with zero attached hydrogens (tertiary/aromatic N) is 1. The molecule has 0 radical (unpaired) electrons. The molecule has 316 valence electrons. The van der Waals surface area contributed by atoms with Gasteiger partial charge >= 0.3 is 17.9 Å². The molecule has 9 heteroatoms. The molecule has 1 N–H and O–H groups in total. The summed E-state index contributed by atoms with van der Waals surface area (Å²) in [4.78, 5) is 36.9. The fourth-order valence-corrected chi connectivity index (χ4v) is 5.45. The summed E-state index contributed by atoms with van der Waals surface area (Å²) in [5.41, 5.74) is 0. The quantitative estimate of drug-likeness (QED) is 0.0217. The van der Waals surface area contributed by atoms with Gasteiger partial charge in [0.05, 0.1) is 34.4 Å². The molecule has 9 nitrogen and oxygen atoms in total. The number of carbonyl (C=O) groups excluding carboxylic acids is 2. The molecular weight excluding hydrogens is 695 g/mol. The van der Waals surface area contributed by atoms with Crippen LogP contribution in [0, 0.1) is 0 Å². The van der Waals surface area contributed by atoms with E-state index in [1.54, 1.807) is 0 Å². The van der Waals surface area contributed by atoms with Crippen LogP contribution in [0.15, 0.2) is 60.8 Å². The van der Waals surface area contributed by atoms with Crippen LogP contribution in [-0.4, -0.2) is 87.4 Å². The Labute approximate surface area is 335 Å². The van der Waals surface area contributed by atoms with E-state index in [-0.39, 0.29) is 32.2 Å². The molecule has 55 heavy (non-hydrogen) atoms. The summed E-state index contributed by atoms with van der Waals surface area (Å²) in [5, 5.41) is 9.59. The molecule has 2 atom stereocenters. The topological polar surface area (TPSA) is 108 Å². The van der Waals surface area contributed by atoms with Crippen molar-refractivity contribution in [3.63, 3.8) is 0 Å². The normalized spacial score (nSPS) is 13.5. The molecule has 0 saturated heterocycles. The zero-order valence-electron chi connectivity index (χ0n) is 35.6. The summed E-state index contributed by atoms with van der Waals surface area (Å²) < 4.78 is 22.6. The maximum atomic E-state index is 12.7. The van der Waals surface area contributed by atoms with Crippen molar-refractivity contribution in [2.45, 2.75) is 167 Å². The molecule has 0 aliphatic heterocycles. The number of esters is 2. The average Bonchev–Trinajstić information content (AvgIpc) is 3.14. The van der Waals surface area contributed by atoms with E-state index < -0.39 is 24.3 Å². The van der Waals surface area contributed by atoms with E-state index in [1.165, 1.54) is 44.9 Å². The van der Waals surface area contributed by atoms with Crippen molar-refractivity contribution in [1.82, 2.24) is 0 Å². The van der Waals surface area contributed by atoms with Crippen molar-refractivity contribution >= 4 is 17.9 Å². The van der Waals surface area contributed by atoms with Crippen LogP contribution in [0.25, 0.3) is 0 Å². The maximum absolute atomic E-state index is 12.7. The van der Waals surface area contributed by atoms with Crippen LogP contribution >= 0.6 is 0 Å². The van der Waals surface area contributed by atoms with E-state index in [1.807, 2.05) is 21.1 Å². The minimum atomic E-state index is -1.51. The van der Waals surface area contributed by atoms with E-state index in [0.717, 1.165) is 77.0 Å². The number of aliphatic carboxylic acids is 1. The van der Waals surface area contributed by atoms with Gasteiger partial charge < -0.3 is 28.5 Å². The van der Waals surface area contributed by atoms with Crippen molar-refractivity contribution < 1.29 is 42.9 Å². The number of ether oxygens (including phenoxy) is 4. The summed E-state index contributed by atoms with van der Waals surface area (Å²) in [6, 6.07) is 0. The minimum Gasteiger partial charge on any atom is -0.477 e. The van der Waals surface area contributed by atoms with Crippen molar-refractivity contribution in [1.29, 1.82) is 0 Å². The highest BCUT2D eigenvalue weighted by Crippen LogP contribution is 2.13. The van der Waals surface area contributed by atoms with E-state index in [2.05, 4.69) is 74.6 Å². The standard InChI is InChI=1S/C46H79NO8/c1-6-8-10-12-14-15-16-17-18-19-20-21-22-23-24-25-26-27-28-29-31-33-35-37-44(49)55-42(40-53-43(48)36-34-32-30-13-11-9-7-2)41-54-46(45(50)51)52-39-38-47(3,4)5/h8,10,14-15,17-18,20-21,23-24,42,46H,6-7,9,11-13,16,19,22,25-41H2,1-5H3/p+1/b10-8-,15-14-,18-17-,21-20-,24-23-. The highest BCUT2D eigenvalue weighted by Gasteiger charge is 2.25. The number of unbranched alkanes of at least 4 members (excludes halogenated alkanes) is 13. The fourth-order valence-electron chi connectivity index (χ4n) is 5.45. The van der Waals surface area contributed by atoms with Gasteiger partial charge in [0, 0.05) is 12.8 Å². The number of carbonyl (C=O) groups is 3. The minimum absolute atomic E-state index is 0.183. The molecule has 0 aliphatic carbocycles. The van der Waals surface area contributed by atoms with Gasteiger partial charge in [-0.15, -0.1) is 0 Å². The molecule has 0 bridgehead atoms. The van der Waals surface area contributed by atoms with E-state index in [0.29, 0.717) is 23.9 Å². The third kappa shape index (κ3) is 39.0. The molecule has 0 spiro atoms. The Hall–Kier alpha value is -3.01. The molecule has 0 aromatic heterocycles. The molecule has 0 amide bonds. The summed E-state index contributed by atoms with van der Waals surface area (Å²) in [6.45, 7) is 4.67. The lowest BCUT2D eigenvalue weighted by molar-refractivity contribution is -0.870. The number of hydrogen-bond acceptors (Lipinski definition) is 7. The van der Waals surface area contributed by atoms with Crippen LogP contribution in [0.1, 0.15) is 155 Å². The Morgan fingerprint density at radius 2 is 1.04 bits per heavy atom. The number of carboxylic acids is 1. The monoisotopic (exact) mass is 775 g/mol. The Morgan fingerprint density at radius 3 is 1.55 bits per heavy atom. The highest BCUT2D eigenvalue weighted by atomic mass is 16.7. The number of allylic oxidation sites excluding steroid dienone is 10.